The Labute approximate surface area is 152 Å². The van der Waals surface area contributed by atoms with Crippen LogP contribution in [0.3, 0.4) is 0 Å². The lowest BCUT2D eigenvalue weighted by molar-refractivity contribution is -0.383. The first-order valence-corrected chi connectivity index (χ1v) is 8.82. The average molecular weight is 372 g/mol. The number of anilines is 1. The molecule has 8 nitrogen and oxygen atoms in total. The first kappa shape index (κ1) is 17.7. The summed E-state index contributed by atoms with van der Waals surface area (Å²) in [6.07, 6.45) is 2.27. The number of hydrogen-bond donors (Lipinski definition) is 1. The number of thiophene rings is 1. The normalized spacial score (nSPS) is 10.8. The summed E-state index contributed by atoms with van der Waals surface area (Å²) in [5.41, 5.74) is -0.232. The fourth-order valence-corrected chi connectivity index (χ4v) is 3.44. The van der Waals surface area contributed by atoms with E-state index in [2.05, 4.69) is 10.3 Å². The molecule has 0 saturated carbocycles. The molecule has 0 bridgehead atoms. The van der Waals surface area contributed by atoms with Crippen LogP contribution < -0.4 is 10.9 Å². The van der Waals surface area contributed by atoms with Gasteiger partial charge in [0.15, 0.2) is 0 Å². The highest BCUT2D eigenvalue weighted by Crippen LogP contribution is 2.23. The van der Waals surface area contributed by atoms with Gasteiger partial charge in [0.2, 0.25) is 5.91 Å². The van der Waals surface area contributed by atoms with Gasteiger partial charge in [-0.3, -0.25) is 24.3 Å². The highest BCUT2D eigenvalue weighted by molar-refractivity contribution is 7.18. The van der Waals surface area contributed by atoms with Crippen LogP contribution >= 0.6 is 11.3 Å². The molecule has 2 aromatic heterocycles. The maximum absolute atomic E-state index is 12.5. The number of nitrogens with one attached hydrogen (secondary N) is 1. The summed E-state index contributed by atoms with van der Waals surface area (Å²) in [6, 6.07) is 7.75. The lowest BCUT2D eigenvalue weighted by Gasteiger charge is -2.07. The van der Waals surface area contributed by atoms with Gasteiger partial charge in [-0.1, -0.05) is 19.1 Å². The highest BCUT2D eigenvalue weighted by atomic mass is 32.1. The topological polar surface area (TPSA) is 107 Å². The quantitative estimate of drug-likeness (QED) is 0.529. The molecule has 9 heteroatoms. The molecule has 0 spiro atoms. The number of amides is 1. The summed E-state index contributed by atoms with van der Waals surface area (Å²) in [7, 11) is 0. The van der Waals surface area contributed by atoms with Crippen LogP contribution in [0, 0.1) is 10.1 Å². The number of aryl methyl sites for hydroxylation is 2. The maximum Gasteiger partial charge on any atom is 0.292 e. The lowest BCUT2D eigenvalue weighted by Crippen LogP contribution is -2.23. The van der Waals surface area contributed by atoms with Gasteiger partial charge in [-0.2, -0.15) is 0 Å². The van der Waals surface area contributed by atoms with E-state index in [0.717, 1.165) is 11.3 Å². The van der Waals surface area contributed by atoms with Gasteiger partial charge >= 0.3 is 0 Å². The molecule has 1 aromatic carbocycles. The molecule has 0 saturated heterocycles. The third kappa shape index (κ3) is 3.62. The molecule has 0 aliphatic carbocycles. The summed E-state index contributed by atoms with van der Waals surface area (Å²) in [5.74, 6) is -0.411. The lowest BCUT2D eigenvalue weighted by atomic mass is 10.2. The molecule has 0 aliphatic heterocycles. The Bertz CT molecular complexity index is 1040. The molecule has 3 rings (SSSR count). The van der Waals surface area contributed by atoms with Crippen LogP contribution in [-0.2, 0) is 17.8 Å². The number of benzene rings is 1. The standard InChI is InChI=1S/C17H16N4O4S/c1-2-11-9-12-16(26-11)18-10-20(17(12)23)8-7-15(22)19-13-5-3-4-6-14(13)21(24)25/h3-6,9-10H,2,7-8H2,1H3,(H,19,22). The van der Waals surface area contributed by atoms with Crippen LogP contribution in [0.2, 0.25) is 0 Å². The van der Waals surface area contributed by atoms with E-state index in [1.165, 1.54) is 40.4 Å². The van der Waals surface area contributed by atoms with E-state index in [1.54, 1.807) is 6.07 Å². The Hall–Kier alpha value is -3.07. The molecular weight excluding hydrogens is 356 g/mol. The molecular formula is C17H16N4O4S. The van der Waals surface area contributed by atoms with E-state index in [9.17, 15) is 19.7 Å². The minimum Gasteiger partial charge on any atom is -0.320 e. The van der Waals surface area contributed by atoms with Crippen LogP contribution in [0.4, 0.5) is 11.4 Å². The summed E-state index contributed by atoms with van der Waals surface area (Å²) < 4.78 is 1.38. The fraction of sp³-hybridized carbons (Fsp3) is 0.235. The van der Waals surface area contributed by atoms with Crippen molar-refractivity contribution in [2.24, 2.45) is 0 Å². The molecule has 1 amide bonds. The molecule has 0 unspecified atom stereocenters. The number of para-hydroxylation sites is 2. The first-order valence-electron chi connectivity index (χ1n) is 8.00. The zero-order chi connectivity index (χ0) is 18.7. The summed E-state index contributed by atoms with van der Waals surface area (Å²) in [5, 5.41) is 14.0. The van der Waals surface area contributed by atoms with Gasteiger partial charge in [-0.15, -0.1) is 11.3 Å². The maximum atomic E-state index is 12.5. The van der Waals surface area contributed by atoms with E-state index in [4.69, 9.17) is 0 Å². The van der Waals surface area contributed by atoms with Crippen molar-refractivity contribution in [3.63, 3.8) is 0 Å². The summed E-state index contributed by atoms with van der Waals surface area (Å²) in [6.45, 7) is 2.15. The smallest absolute Gasteiger partial charge is 0.292 e. The van der Waals surface area contributed by atoms with Crippen LogP contribution in [-0.4, -0.2) is 20.4 Å². The molecule has 2 heterocycles. The molecule has 0 atom stereocenters. The van der Waals surface area contributed by atoms with Crippen molar-refractivity contribution < 1.29 is 9.72 Å². The SMILES string of the molecule is CCc1cc2c(=O)n(CCC(=O)Nc3ccccc3[N+](=O)[O-])cnc2s1. The Morgan fingerprint density at radius 3 is 2.88 bits per heavy atom. The summed E-state index contributed by atoms with van der Waals surface area (Å²) in [4.78, 5) is 41.1. The molecule has 134 valence electrons. The predicted octanol–water partition coefficient (Wildman–Crippen LogP) is 2.96. The van der Waals surface area contributed by atoms with Crippen LogP contribution in [0.25, 0.3) is 10.2 Å². The molecule has 0 radical (unpaired) electrons. The third-order valence-electron chi connectivity index (χ3n) is 3.87. The minimum atomic E-state index is -0.556. The van der Waals surface area contributed by atoms with Gasteiger partial charge in [0.05, 0.1) is 16.6 Å². The number of fused-ring (bicyclic) bond motifs is 1. The van der Waals surface area contributed by atoms with Crippen LogP contribution in [0.1, 0.15) is 18.2 Å². The van der Waals surface area contributed by atoms with E-state index in [0.29, 0.717) is 10.2 Å². The monoisotopic (exact) mass is 372 g/mol. The number of carbonyl (C=O) groups excluding carboxylic acids is 1. The van der Waals surface area contributed by atoms with Gasteiger partial charge < -0.3 is 5.32 Å². The first-order chi connectivity index (χ1) is 12.5. The van der Waals surface area contributed by atoms with Gasteiger partial charge in [0, 0.05) is 23.9 Å². The second-order valence-corrected chi connectivity index (χ2v) is 6.72. The van der Waals surface area contributed by atoms with E-state index in [-0.39, 0.29) is 29.9 Å². The van der Waals surface area contributed by atoms with Crippen molar-refractivity contribution >= 4 is 38.8 Å². The van der Waals surface area contributed by atoms with Gasteiger partial charge in [-0.05, 0) is 18.6 Å². The number of nitro groups is 1. The van der Waals surface area contributed by atoms with Gasteiger partial charge in [-0.25, -0.2) is 4.98 Å². The minimum absolute atomic E-state index is 0.00388. The second kappa shape index (κ2) is 7.44. The third-order valence-corrected chi connectivity index (χ3v) is 5.06. The molecule has 26 heavy (non-hydrogen) atoms. The number of carbonyl (C=O) groups is 1. The van der Waals surface area contributed by atoms with Gasteiger partial charge in [0.1, 0.15) is 10.5 Å². The Morgan fingerprint density at radius 1 is 1.38 bits per heavy atom. The number of nitrogens with zero attached hydrogens (tertiary/aromatic N) is 3. The Balaban J connectivity index is 1.72. The van der Waals surface area contributed by atoms with E-state index >= 15 is 0 Å². The van der Waals surface area contributed by atoms with E-state index < -0.39 is 10.8 Å². The van der Waals surface area contributed by atoms with Crippen molar-refractivity contribution in [1.82, 2.24) is 9.55 Å². The van der Waals surface area contributed by atoms with Gasteiger partial charge in [0.25, 0.3) is 11.2 Å². The van der Waals surface area contributed by atoms with Crippen molar-refractivity contribution in [2.45, 2.75) is 26.3 Å². The predicted molar refractivity (Wildman–Crippen MR) is 99.6 cm³/mol. The second-order valence-electron chi connectivity index (χ2n) is 5.60. The van der Waals surface area contributed by atoms with Crippen LogP contribution in [0.15, 0.2) is 41.5 Å². The largest absolute Gasteiger partial charge is 0.320 e. The Morgan fingerprint density at radius 2 is 2.15 bits per heavy atom. The number of aromatic nitrogens is 2. The number of nitro benzene ring substituents is 1. The number of hydrogen-bond acceptors (Lipinski definition) is 6. The van der Waals surface area contributed by atoms with Crippen molar-refractivity contribution in [1.29, 1.82) is 0 Å². The van der Waals surface area contributed by atoms with Crippen molar-refractivity contribution in [3.05, 3.63) is 62.0 Å². The molecule has 0 fully saturated rings. The van der Waals surface area contributed by atoms with E-state index in [1.807, 2.05) is 13.0 Å². The zero-order valence-corrected chi connectivity index (χ0v) is 14.8. The zero-order valence-electron chi connectivity index (χ0n) is 14.0. The highest BCUT2D eigenvalue weighted by Gasteiger charge is 2.15. The molecule has 1 N–H and O–H groups in total. The average Bonchev–Trinajstić information content (AvgIpc) is 3.06. The number of rotatable bonds is 6. The molecule has 3 aromatic rings. The molecule has 0 aliphatic rings. The Kier molecular flexibility index (Phi) is 5.08. The summed E-state index contributed by atoms with van der Waals surface area (Å²) >= 11 is 1.48. The van der Waals surface area contributed by atoms with Crippen molar-refractivity contribution in [3.8, 4) is 0 Å². The fourth-order valence-electron chi connectivity index (χ4n) is 2.52. The van der Waals surface area contributed by atoms with Crippen LogP contribution in [0.5, 0.6) is 0 Å². The van der Waals surface area contributed by atoms with Crippen molar-refractivity contribution in [2.75, 3.05) is 5.32 Å².